The Morgan fingerprint density at radius 2 is 1.70 bits per heavy atom. The first-order valence-corrected chi connectivity index (χ1v) is 9.37. The molecule has 162 valence electrons. The average Bonchev–Trinajstić information content (AvgIpc) is 2.66. The van der Waals surface area contributed by atoms with Gasteiger partial charge < -0.3 is 29.9 Å². The van der Waals surface area contributed by atoms with Gasteiger partial charge >= 0.3 is 11.9 Å². The van der Waals surface area contributed by atoms with Crippen molar-refractivity contribution in [2.75, 3.05) is 20.3 Å². The zero-order valence-corrected chi connectivity index (χ0v) is 17.6. The van der Waals surface area contributed by atoms with E-state index in [1.807, 2.05) is 0 Å². The molecule has 0 atom stereocenters. The lowest BCUT2D eigenvalue weighted by Crippen LogP contribution is -2.96. The van der Waals surface area contributed by atoms with Crippen molar-refractivity contribution in [1.82, 2.24) is 4.98 Å². The van der Waals surface area contributed by atoms with Crippen LogP contribution in [0.3, 0.4) is 0 Å². The SMILES string of the molecule is COCCOC(=O)c1c(C)nc(C)c(C(=O)OC(C)C)c1-c1cccc([NH+]([O-])[O-])c1. The summed E-state index contributed by atoms with van der Waals surface area (Å²) >= 11 is 0. The number of rotatable bonds is 8. The number of quaternary nitrogens is 1. The number of carbonyl (C=O) groups excluding carboxylic acids is 2. The fourth-order valence-electron chi connectivity index (χ4n) is 3.00. The Balaban J connectivity index is 2.76. The number of carbonyl (C=O) groups is 2. The Labute approximate surface area is 174 Å². The van der Waals surface area contributed by atoms with Crippen LogP contribution < -0.4 is 5.23 Å². The highest BCUT2D eigenvalue weighted by Crippen LogP contribution is 2.33. The summed E-state index contributed by atoms with van der Waals surface area (Å²) in [4.78, 5) is 30.1. The summed E-state index contributed by atoms with van der Waals surface area (Å²) in [6.45, 7) is 6.84. The molecule has 0 aliphatic carbocycles. The molecule has 0 saturated carbocycles. The van der Waals surface area contributed by atoms with Crippen molar-refractivity contribution in [3.05, 3.63) is 57.2 Å². The molecule has 0 saturated heterocycles. The monoisotopic (exact) mass is 417 g/mol. The van der Waals surface area contributed by atoms with Gasteiger partial charge in [-0.05, 0) is 39.3 Å². The fraction of sp³-hybridized carbons (Fsp3) is 0.381. The van der Waals surface area contributed by atoms with Crippen molar-refractivity contribution in [3.8, 4) is 11.1 Å². The summed E-state index contributed by atoms with van der Waals surface area (Å²) < 4.78 is 15.5. The highest BCUT2D eigenvalue weighted by Gasteiger charge is 2.28. The number of pyridine rings is 1. The number of esters is 2. The summed E-state index contributed by atoms with van der Waals surface area (Å²) in [5.74, 6) is -1.38. The first-order valence-electron chi connectivity index (χ1n) is 9.37. The smallest absolute Gasteiger partial charge is 0.340 e. The lowest BCUT2D eigenvalue weighted by molar-refractivity contribution is -0.715. The standard InChI is InChI=1S/C21H25N2O7/c1-12(2)30-21(25)18-14(4)22-13(3)17(20(24)29-10-9-28-5)19(18)15-7-6-8-16(11-15)23(26)27/h6-8,11-12,23H,9-10H2,1-5H3/q-1. The Morgan fingerprint density at radius 3 is 2.27 bits per heavy atom. The number of benzene rings is 1. The van der Waals surface area contributed by atoms with Crippen LogP contribution in [0.2, 0.25) is 0 Å². The third kappa shape index (κ3) is 5.39. The third-order valence-electron chi connectivity index (χ3n) is 4.22. The minimum absolute atomic E-state index is 0.00689. The van der Waals surface area contributed by atoms with Gasteiger partial charge in [-0.15, -0.1) is 0 Å². The fourth-order valence-corrected chi connectivity index (χ4v) is 3.00. The molecule has 0 aliphatic heterocycles. The lowest BCUT2D eigenvalue weighted by Gasteiger charge is -2.25. The highest BCUT2D eigenvalue weighted by molar-refractivity contribution is 6.07. The third-order valence-corrected chi connectivity index (χ3v) is 4.22. The molecular weight excluding hydrogens is 392 g/mol. The topological polar surface area (TPSA) is 125 Å². The van der Waals surface area contributed by atoms with Crippen LogP contribution in [0.25, 0.3) is 11.1 Å². The van der Waals surface area contributed by atoms with E-state index >= 15 is 0 Å². The molecule has 1 aromatic heterocycles. The van der Waals surface area contributed by atoms with Crippen LogP contribution in [-0.2, 0) is 14.2 Å². The molecule has 9 heteroatoms. The summed E-state index contributed by atoms with van der Waals surface area (Å²) in [5, 5.41) is 21.3. The van der Waals surface area contributed by atoms with E-state index in [2.05, 4.69) is 4.98 Å². The van der Waals surface area contributed by atoms with E-state index in [-0.39, 0.29) is 35.6 Å². The predicted octanol–water partition coefficient (Wildman–Crippen LogP) is 2.25. The van der Waals surface area contributed by atoms with Crippen molar-refractivity contribution in [3.63, 3.8) is 0 Å². The van der Waals surface area contributed by atoms with Gasteiger partial charge in [0.05, 0.1) is 35.2 Å². The van der Waals surface area contributed by atoms with Crippen LogP contribution in [0.5, 0.6) is 0 Å². The molecule has 0 aliphatic rings. The molecule has 0 spiro atoms. The van der Waals surface area contributed by atoms with E-state index in [9.17, 15) is 20.0 Å². The molecule has 1 heterocycles. The number of aryl methyl sites for hydroxylation is 2. The Bertz CT molecular complexity index is 926. The summed E-state index contributed by atoms with van der Waals surface area (Å²) in [6, 6.07) is 5.80. The van der Waals surface area contributed by atoms with Gasteiger partial charge in [-0.2, -0.15) is 0 Å². The van der Waals surface area contributed by atoms with Crippen LogP contribution in [0.4, 0.5) is 5.69 Å². The second kappa shape index (κ2) is 10.3. The number of aromatic nitrogens is 1. The molecule has 30 heavy (non-hydrogen) atoms. The summed E-state index contributed by atoms with van der Waals surface area (Å²) in [6.07, 6.45) is -0.405. The van der Waals surface area contributed by atoms with Gasteiger partial charge in [-0.25, -0.2) is 9.59 Å². The number of nitrogens with zero attached hydrogens (tertiary/aromatic N) is 1. The van der Waals surface area contributed by atoms with Gasteiger partial charge in [0.15, 0.2) is 0 Å². The Hall–Kier alpha value is -2.85. The highest BCUT2D eigenvalue weighted by atomic mass is 16.8. The van der Waals surface area contributed by atoms with Gasteiger partial charge in [0.25, 0.3) is 0 Å². The van der Waals surface area contributed by atoms with E-state index in [4.69, 9.17) is 14.2 Å². The molecule has 1 N–H and O–H groups in total. The number of ether oxygens (including phenoxy) is 3. The van der Waals surface area contributed by atoms with E-state index < -0.39 is 23.3 Å². The van der Waals surface area contributed by atoms with Gasteiger partial charge in [0, 0.05) is 18.7 Å². The molecule has 1 aromatic carbocycles. The molecular formula is C21H25N2O7-. The maximum absolute atomic E-state index is 12.9. The summed E-state index contributed by atoms with van der Waals surface area (Å²) in [7, 11) is 1.48. The van der Waals surface area contributed by atoms with Crippen molar-refractivity contribution in [2.24, 2.45) is 0 Å². The zero-order chi connectivity index (χ0) is 22.4. The van der Waals surface area contributed by atoms with Crippen LogP contribution >= 0.6 is 0 Å². The van der Waals surface area contributed by atoms with Crippen LogP contribution in [-0.4, -0.2) is 43.4 Å². The predicted molar refractivity (Wildman–Crippen MR) is 109 cm³/mol. The molecule has 2 rings (SSSR count). The van der Waals surface area contributed by atoms with E-state index in [1.54, 1.807) is 33.8 Å². The van der Waals surface area contributed by atoms with Crippen molar-refractivity contribution < 1.29 is 29.0 Å². The molecule has 0 unspecified atom stereocenters. The molecule has 9 nitrogen and oxygen atoms in total. The van der Waals surface area contributed by atoms with Gasteiger partial charge in [-0.1, -0.05) is 12.1 Å². The number of hydrogen-bond donors (Lipinski definition) is 1. The normalized spacial score (nSPS) is 11.1. The van der Waals surface area contributed by atoms with Gasteiger partial charge in [-0.3, -0.25) is 4.98 Å². The van der Waals surface area contributed by atoms with Crippen LogP contribution in [0, 0.1) is 24.3 Å². The van der Waals surface area contributed by atoms with Gasteiger partial charge in [0.2, 0.25) is 0 Å². The number of nitrogens with one attached hydrogen (secondary N) is 1. The molecule has 0 radical (unpaired) electrons. The van der Waals surface area contributed by atoms with E-state index in [0.717, 1.165) is 0 Å². The molecule has 0 fully saturated rings. The number of hydrogen-bond acceptors (Lipinski definition) is 8. The maximum Gasteiger partial charge on any atom is 0.340 e. The first-order chi connectivity index (χ1) is 14.2. The van der Waals surface area contributed by atoms with E-state index in [0.29, 0.717) is 17.0 Å². The zero-order valence-electron chi connectivity index (χ0n) is 17.6. The average molecular weight is 417 g/mol. The Morgan fingerprint density at radius 1 is 1.07 bits per heavy atom. The van der Waals surface area contributed by atoms with Crippen LogP contribution in [0.1, 0.15) is 46.0 Å². The van der Waals surface area contributed by atoms with Crippen molar-refractivity contribution >= 4 is 17.6 Å². The largest absolute Gasteiger partial charge is 0.628 e. The minimum Gasteiger partial charge on any atom is -0.628 e. The number of methoxy groups -OCH3 is 1. The minimum atomic E-state index is -1.38. The molecule has 2 aromatic rings. The first kappa shape index (κ1) is 23.4. The molecule has 0 amide bonds. The Kier molecular flexibility index (Phi) is 8.01. The maximum atomic E-state index is 12.9. The second-order valence-electron chi connectivity index (χ2n) is 6.86. The quantitative estimate of drug-likeness (QED) is 0.394. The molecule has 0 bridgehead atoms. The summed E-state index contributed by atoms with van der Waals surface area (Å²) in [5.41, 5.74) is 1.26. The lowest BCUT2D eigenvalue weighted by atomic mass is 9.92. The van der Waals surface area contributed by atoms with Gasteiger partial charge in [0.1, 0.15) is 12.3 Å². The second-order valence-corrected chi connectivity index (χ2v) is 6.86. The van der Waals surface area contributed by atoms with Crippen LogP contribution in [0.15, 0.2) is 24.3 Å². The van der Waals surface area contributed by atoms with E-state index in [1.165, 1.54) is 25.3 Å². The van der Waals surface area contributed by atoms with Crippen molar-refractivity contribution in [1.29, 1.82) is 0 Å². The van der Waals surface area contributed by atoms with Crippen molar-refractivity contribution in [2.45, 2.75) is 33.8 Å².